The van der Waals surface area contributed by atoms with Crippen LogP contribution < -0.4 is 0 Å². The van der Waals surface area contributed by atoms with Gasteiger partial charge in [0.25, 0.3) is 0 Å². The lowest BCUT2D eigenvalue weighted by Crippen LogP contribution is -2.23. The Labute approximate surface area is 112 Å². The Morgan fingerprint density at radius 1 is 1.47 bits per heavy atom. The van der Waals surface area contributed by atoms with Crippen LogP contribution in [0.5, 0.6) is 0 Å². The minimum absolute atomic E-state index is 0.122. The Morgan fingerprint density at radius 2 is 2.16 bits per heavy atom. The monoisotopic (exact) mass is 265 g/mol. The summed E-state index contributed by atoms with van der Waals surface area (Å²) in [5.74, 6) is -1.35. The Kier molecular flexibility index (Phi) is 5.36. The van der Waals surface area contributed by atoms with Crippen molar-refractivity contribution in [2.75, 3.05) is 0 Å². The van der Waals surface area contributed by atoms with Crippen molar-refractivity contribution in [1.82, 2.24) is 4.57 Å². The fourth-order valence-electron chi connectivity index (χ4n) is 1.55. The van der Waals surface area contributed by atoms with Gasteiger partial charge in [0.1, 0.15) is 6.04 Å². The zero-order chi connectivity index (χ0) is 14.4. The number of carboxylic acids is 1. The Bertz CT molecular complexity index is 476. The van der Waals surface area contributed by atoms with Crippen LogP contribution in [-0.2, 0) is 14.3 Å². The summed E-state index contributed by atoms with van der Waals surface area (Å²) in [7, 11) is 0. The number of hydrogen-bond donors (Lipinski definition) is 1. The molecule has 0 aliphatic carbocycles. The van der Waals surface area contributed by atoms with E-state index in [9.17, 15) is 9.59 Å². The number of hydrogen-bond acceptors (Lipinski definition) is 3. The molecular formula is C14H19NO4. The summed E-state index contributed by atoms with van der Waals surface area (Å²) in [6.07, 6.45) is 4.86. The number of aliphatic carboxylic acids is 1. The second kappa shape index (κ2) is 6.78. The maximum absolute atomic E-state index is 11.9. The quantitative estimate of drug-likeness (QED) is 0.633. The molecule has 0 bridgehead atoms. The predicted octanol–water partition coefficient (Wildman–Crippen LogP) is 2.49. The Balaban J connectivity index is 2.82. The minimum Gasteiger partial charge on any atom is -0.478 e. The molecule has 0 spiro atoms. The number of ether oxygens (including phenoxy) is 1. The highest BCUT2D eigenvalue weighted by molar-refractivity contribution is 5.85. The number of esters is 1. The van der Waals surface area contributed by atoms with Crippen LogP contribution in [-0.4, -0.2) is 27.7 Å². The summed E-state index contributed by atoms with van der Waals surface area (Å²) < 4.78 is 6.95. The zero-order valence-corrected chi connectivity index (χ0v) is 11.4. The van der Waals surface area contributed by atoms with Gasteiger partial charge in [-0.15, -0.1) is 0 Å². The smallest absolute Gasteiger partial charge is 0.329 e. The molecule has 1 N–H and O–H groups in total. The molecule has 104 valence electrons. The van der Waals surface area contributed by atoms with E-state index < -0.39 is 12.0 Å². The van der Waals surface area contributed by atoms with Crippen molar-refractivity contribution in [3.05, 3.63) is 30.1 Å². The van der Waals surface area contributed by atoms with Gasteiger partial charge >= 0.3 is 11.9 Å². The molecule has 19 heavy (non-hydrogen) atoms. The van der Waals surface area contributed by atoms with E-state index in [0.29, 0.717) is 5.69 Å². The summed E-state index contributed by atoms with van der Waals surface area (Å²) in [5, 5.41) is 8.61. The molecule has 2 unspecified atom stereocenters. The summed E-state index contributed by atoms with van der Waals surface area (Å²) in [5.41, 5.74) is 0.649. The molecular weight excluding hydrogens is 246 g/mol. The lowest BCUT2D eigenvalue weighted by molar-refractivity contribution is -0.151. The van der Waals surface area contributed by atoms with Crippen LogP contribution in [0, 0.1) is 0 Å². The van der Waals surface area contributed by atoms with Crippen molar-refractivity contribution in [2.24, 2.45) is 0 Å². The lowest BCUT2D eigenvalue weighted by atomic mass is 10.3. The molecule has 0 saturated heterocycles. The summed E-state index contributed by atoms with van der Waals surface area (Å²) in [4.78, 5) is 22.4. The van der Waals surface area contributed by atoms with Crippen LogP contribution in [0.25, 0.3) is 6.08 Å². The zero-order valence-electron chi connectivity index (χ0n) is 11.4. The molecule has 1 aromatic rings. The van der Waals surface area contributed by atoms with E-state index in [4.69, 9.17) is 9.84 Å². The van der Waals surface area contributed by atoms with Gasteiger partial charge in [-0.25, -0.2) is 9.59 Å². The van der Waals surface area contributed by atoms with Crippen LogP contribution >= 0.6 is 0 Å². The summed E-state index contributed by atoms with van der Waals surface area (Å²) in [6, 6.07) is 3.01. The topological polar surface area (TPSA) is 68.5 Å². The first-order valence-electron chi connectivity index (χ1n) is 6.24. The minimum atomic E-state index is -1.03. The van der Waals surface area contributed by atoms with Gasteiger partial charge in [0.05, 0.1) is 6.10 Å². The van der Waals surface area contributed by atoms with Gasteiger partial charge in [0.15, 0.2) is 0 Å². The molecule has 0 radical (unpaired) electrons. The number of aromatic nitrogens is 1. The summed E-state index contributed by atoms with van der Waals surface area (Å²) in [6.45, 7) is 5.51. The highest BCUT2D eigenvalue weighted by Crippen LogP contribution is 2.16. The van der Waals surface area contributed by atoms with Crippen LogP contribution in [0.4, 0.5) is 0 Å². The third-order valence-corrected chi connectivity index (χ3v) is 2.86. The van der Waals surface area contributed by atoms with Crippen molar-refractivity contribution in [3.8, 4) is 0 Å². The third-order valence-electron chi connectivity index (χ3n) is 2.86. The fraction of sp³-hybridized carbons (Fsp3) is 0.429. The van der Waals surface area contributed by atoms with Crippen LogP contribution in [0.1, 0.15) is 38.9 Å². The molecule has 5 nitrogen and oxygen atoms in total. The van der Waals surface area contributed by atoms with Crippen molar-refractivity contribution in [2.45, 2.75) is 39.3 Å². The van der Waals surface area contributed by atoms with Crippen LogP contribution in [0.3, 0.4) is 0 Å². The lowest BCUT2D eigenvalue weighted by Gasteiger charge is -2.18. The van der Waals surface area contributed by atoms with Gasteiger partial charge in [-0.2, -0.15) is 0 Å². The predicted molar refractivity (Wildman–Crippen MR) is 71.7 cm³/mol. The highest BCUT2D eigenvalue weighted by Gasteiger charge is 2.19. The maximum atomic E-state index is 11.9. The highest BCUT2D eigenvalue weighted by atomic mass is 16.5. The van der Waals surface area contributed by atoms with Crippen LogP contribution in [0.15, 0.2) is 24.4 Å². The van der Waals surface area contributed by atoms with E-state index in [1.807, 2.05) is 13.8 Å². The van der Waals surface area contributed by atoms with Gasteiger partial charge in [0.2, 0.25) is 0 Å². The molecule has 0 amide bonds. The van der Waals surface area contributed by atoms with Gasteiger partial charge in [0, 0.05) is 18.0 Å². The van der Waals surface area contributed by atoms with E-state index in [0.717, 1.165) is 12.5 Å². The number of rotatable bonds is 6. The third kappa shape index (κ3) is 4.28. The standard InChI is InChI=1S/C14H19NO4/c1-4-10(2)19-14(18)11(3)15-9-5-6-12(15)7-8-13(16)17/h5-11H,4H2,1-3H3,(H,16,17)/b8-7+. The Hall–Kier alpha value is -2.04. The number of carbonyl (C=O) groups is 2. The number of carbonyl (C=O) groups excluding carboxylic acids is 1. The number of carboxylic acid groups (broad SMARTS) is 1. The average molecular weight is 265 g/mol. The molecule has 0 aliphatic heterocycles. The molecule has 1 heterocycles. The van der Waals surface area contributed by atoms with Crippen molar-refractivity contribution in [3.63, 3.8) is 0 Å². The molecule has 0 aromatic carbocycles. The van der Waals surface area contributed by atoms with E-state index in [2.05, 4.69) is 0 Å². The molecule has 2 atom stereocenters. The van der Waals surface area contributed by atoms with Crippen molar-refractivity contribution >= 4 is 18.0 Å². The van der Waals surface area contributed by atoms with Crippen molar-refractivity contribution < 1.29 is 19.4 Å². The second-order valence-electron chi connectivity index (χ2n) is 4.34. The van der Waals surface area contributed by atoms with Gasteiger partial charge in [-0.05, 0) is 38.5 Å². The molecule has 5 heteroatoms. The Morgan fingerprint density at radius 3 is 2.74 bits per heavy atom. The normalized spacial score (nSPS) is 14.3. The largest absolute Gasteiger partial charge is 0.478 e. The van der Waals surface area contributed by atoms with E-state index in [1.165, 1.54) is 6.08 Å². The molecule has 1 rings (SSSR count). The summed E-state index contributed by atoms with van der Waals surface area (Å²) >= 11 is 0. The van der Waals surface area contributed by atoms with E-state index in [-0.39, 0.29) is 12.1 Å². The van der Waals surface area contributed by atoms with Crippen LogP contribution in [0.2, 0.25) is 0 Å². The van der Waals surface area contributed by atoms with E-state index >= 15 is 0 Å². The number of nitrogens with zero attached hydrogens (tertiary/aromatic N) is 1. The fourth-order valence-corrected chi connectivity index (χ4v) is 1.55. The first kappa shape index (κ1) is 15.0. The maximum Gasteiger partial charge on any atom is 0.329 e. The first-order valence-corrected chi connectivity index (χ1v) is 6.24. The van der Waals surface area contributed by atoms with Crippen molar-refractivity contribution in [1.29, 1.82) is 0 Å². The van der Waals surface area contributed by atoms with Gasteiger partial charge in [-0.3, -0.25) is 0 Å². The first-order chi connectivity index (χ1) is 8.95. The molecule has 0 aliphatic rings. The van der Waals surface area contributed by atoms with E-state index in [1.54, 1.807) is 29.8 Å². The van der Waals surface area contributed by atoms with Gasteiger partial charge in [-0.1, -0.05) is 6.92 Å². The average Bonchev–Trinajstić information content (AvgIpc) is 2.83. The van der Waals surface area contributed by atoms with Gasteiger partial charge < -0.3 is 14.4 Å². The SMILES string of the molecule is CCC(C)OC(=O)C(C)n1cccc1/C=C/C(=O)O. The molecule has 0 fully saturated rings. The molecule has 0 saturated carbocycles. The molecule has 1 aromatic heterocycles. The second-order valence-corrected chi connectivity index (χ2v) is 4.34.